The first kappa shape index (κ1) is 29.1. The third kappa shape index (κ3) is 5.83. The van der Waals surface area contributed by atoms with E-state index in [1.165, 1.54) is 42.7 Å². The van der Waals surface area contributed by atoms with E-state index in [4.69, 9.17) is 11.6 Å². The smallest absolute Gasteiger partial charge is 0.341 e. The summed E-state index contributed by atoms with van der Waals surface area (Å²) in [7, 11) is -3.98. The number of carbonyl (C=O) groups excluding carboxylic acids is 2. The summed E-state index contributed by atoms with van der Waals surface area (Å²) in [5.41, 5.74) is -2.18. The van der Waals surface area contributed by atoms with Crippen LogP contribution in [-0.4, -0.2) is 25.2 Å². The van der Waals surface area contributed by atoms with Gasteiger partial charge < -0.3 is 10.6 Å². The van der Waals surface area contributed by atoms with Crippen LogP contribution in [0.4, 0.5) is 27.6 Å². The summed E-state index contributed by atoms with van der Waals surface area (Å²) in [5, 5.41) is 5.04. The number of nitrogens with zero attached hydrogens (tertiary/aromatic N) is 1. The second-order valence-corrected chi connectivity index (χ2v) is 11.7. The van der Waals surface area contributed by atoms with Crippen LogP contribution >= 0.6 is 11.6 Å². The molecule has 2 amide bonds. The zero-order chi connectivity index (χ0) is 30.4. The second-order valence-electron chi connectivity index (χ2n) is 9.30. The molecule has 2 N–H and O–H groups in total. The Balaban J connectivity index is 1.63. The molecule has 1 aromatic heterocycles. The molecule has 1 atom stereocenters. The van der Waals surface area contributed by atoms with Crippen molar-refractivity contribution in [2.45, 2.75) is 22.9 Å². The van der Waals surface area contributed by atoms with Gasteiger partial charge in [0.1, 0.15) is 11.6 Å². The molecule has 7 nitrogen and oxygen atoms in total. The number of sulfone groups is 1. The molecule has 0 bridgehead atoms. The van der Waals surface area contributed by atoms with E-state index in [1.807, 2.05) is 0 Å². The quantitative estimate of drug-likeness (QED) is 0.254. The summed E-state index contributed by atoms with van der Waals surface area (Å²) in [4.78, 5) is 29.9. The molecular formula is C28H17ClF5N3O4S. The summed E-state index contributed by atoms with van der Waals surface area (Å²) >= 11 is 6.27. The van der Waals surface area contributed by atoms with E-state index >= 15 is 0 Å². The van der Waals surface area contributed by atoms with Crippen LogP contribution in [0.1, 0.15) is 49.0 Å². The van der Waals surface area contributed by atoms with Gasteiger partial charge in [0, 0.05) is 45.4 Å². The minimum absolute atomic E-state index is 0.0391. The van der Waals surface area contributed by atoms with E-state index in [0.29, 0.717) is 12.1 Å². The van der Waals surface area contributed by atoms with Gasteiger partial charge in [-0.3, -0.25) is 14.6 Å². The van der Waals surface area contributed by atoms with Crippen molar-refractivity contribution in [3.63, 3.8) is 0 Å². The van der Waals surface area contributed by atoms with Gasteiger partial charge in [-0.15, -0.1) is 0 Å². The zero-order valence-corrected chi connectivity index (χ0v) is 22.5. The van der Waals surface area contributed by atoms with E-state index in [9.17, 15) is 40.0 Å². The molecular weight excluding hydrogens is 605 g/mol. The van der Waals surface area contributed by atoms with Crippen molar-refractivity contribution >= 4 is 38.9 Å². The minimum Gasteiger partial charge on any atom is -0.341 e. The first-order valence-electron chi connectivity index (χ1n) is 12.0. The van der Waals surface area contributed by atoms with Gasteiger partial charge in [-0.25, -0.2) is 17.2 Å². The first-order chi connectivity index (χ1) is 19.7. The molecule has 1 aliphatic heterocycles. The molecule has 2 heterocycles. The Hall–Kier alpha value is -4.36. The lowest BCUT2D eigenvalue weighted by Gasteiger charge is -2.19. The number of fused-ring (bicyclic) bond motifs is 1. The van der Waals surface area contributed by atoms with Crippen molar-refractivity contribution in [2.24, 2.45) is 0 Å². The van der Waals surface area contributed by atoms with Gasteiger partial charge in [0.15, 0.2) is 9.84 Å². The SMILES string of the molecule is O=C(Nc1cc(CS(=O)(=O)c2ccncc2)cc2c1C(c1cc(F)ccc1Cl)NC2=O)c1cc(F)cc(C(F)(F)F)c1. The van der Waals surface area contributed by atoms with E-state index in [1.54, 1.807) is 0 Å². The standard InChI is InChI=1S/C28H17ClF5N3O4S/c29-22-2-1-17(30)12-20(22)25-24-21(27(39)37-25)7-14(13-42(40,41)19-3-5-35-6-4-19)8-23(24)36-26(38)15-9-16(28(32,33)34)11-18(31)10-15/h1-12,25H,13H2,(H,36,38)(H,37,39). The average molecular weight is 622 g/mol. The minimum atomic E-state index is -4.95. The fourth-order valence-electron chi connectivity index (χ4n) is 4.58. The third-order valence-electron chi connectivity index (χ3n) is 6.42. The first-order valence-corrected chi connectivity index (χ1v) is 14.0. The summed E-state index contributed by atoms with van der Waals surface area (Å²) in [6.45, 7) is 0. The summed E-state index contributed by atoms with van der Waals surface area (Å²) in [6, 6.07) is 8.54. The Kier molecular flexibility index (Phi) is 7.50. The molecule has 0 radical (unpaired) electrons. The molecule has 42 heavy (non-hydrogen) atoms. The molecule has 14 heteroatoms. The zero-order valence-electron chi connectivity index (χ0n) is 21.0. The Bertz CT molecular complexity index is 1850. The van der Waals surface area contributed by atoms with Crippen LogP contribution in [0.2, 0.25) is 5.02 Å². The largest absolute Gasteiger partial charge is 0.416 e. The Morgan fingerprint density at radius 1 is 0.976 bits per heavy atom. The maximum Gasteiger partial charge on any atom is 0.416 e. The Morgan fingerprint density at radius 2 is 1.69 bits per heavy atom. The molecule has 3 aromatic carbocycles. The lowest BCUT2D eigenvalue weighted by Crippen LogP contribution is -2.21. The van der Waals surface area contributed by atoms with Crippen LogP contribution in [0.15, 0.2) is 78.0 Å². The number of hydrogen-bond acceptors (Lipinski definition) is 5. The van der Waals surface area contributed by atoms with Gasteiger partial charge in [0.2, 0.25) is 0 Å². The molecule has 4 aromatic rings. The van der Waals surface area contributed by atoms with Gasteiger partial charge in [0.25, 0.3) is 11.8 Å². The predicted octanol–water partition coefficient (Wildman–Crippen LogP) is 6.09. The maximum atomic E-state index is 14.1. The van der Waals surface area contributed by atoms with E-state index < -0.39 is 62.4 Å². The average Bonchev–Trinajstić information content (AvgIpc) is 3.25. The number of amides is 2. The van der Waals surface area contributed by atoms with E-state index in [-0.39, 0.29) is 43.9 Å². The number of pyridine rings is 1. The van der Waals surface area contributed by atoms with Crippen LogP contribution in [0, 0.1) is 11.6 Å². The van der Waals surface area contributed by atoms with Gasteiger partial charge in [-0.05, 0) is 66.2 Å². The molecule has 0 saturated carbocycles. The van der Waals surface area contributed by atoms with Crippen molar-refractivity contribution in [3.8, 4) is 0 Å². The van der Waals surface area contributed by atoms with Crippen molar-refractivity contribution in [1.29, 1.82) is 0 Å². The fraction of sp³-hybridized carbons (Fsp3) is 0.107. The van der Waals surface area contributed by atoms with Gasteiger partial charge in [-0.2, -0.15) is 13.2 Å². The fourth-order valence-corrected chi connectivity index (χ4v) is 6.11. The highest BCUT2D eigenvalue weighted by Crippen LogP contribution is 2.41. The van der Waals surface area contributed by atoms with Crippen LogP contribution in [-0.2, 0) is 21.8 Å². The Morgan fingerprint density at radius 3 is 2.38 bits per heavy atom. The number of rotatable bonds is 6. The monoisotopic (exact) mass is 621 g/mol. The number of aromatic nitrogens is 1. The highest BCUT2D eigenvalue weighted by atomic mass is 35.5. The Labute approximate surface area is 240 Å². The summed E-state index contributed by atoms with van der Waals surface area (Å²) in [5.74, 6) is -4.54. The number of alkyl halides is 3. The van der Waals surface area contributed by atoms with Crippen molar-refractivity contribution in [2.75, 3.05) is 5.32 Å². The van der Waals surface area contributed by atoms with E-state index in [2.05, 4.69) is 15.6 Å². The topological polar surface area (TPSA) is 105 Å². The lowest BCUT2D eigenvalue weighted by molar-refractivity contribution is -0.137. The van der Waals surface area contributed by atoms with Crippen molar-refractivity contribution in [1.82, 2.24) is 10.3 Å². The van der Waals surface area contributed by atoms with Crippen molar-refractivity contribution < 1.29 is 40.0 Å². The molecule has 0 aliphatic carbocycles. The van der Waals surface area contributed by atoms with Gasteiger partial charge in [-0.1, -0.05) is 11.6 Å². The number of benzene rings is 3. The van der Waals surface area contributed by atoms with Crippen LogP contribution < -0.4 is 10.6 Å². The number of hydrogen-bond donors (Lipinski definition) is 2. The summed E-state index contributed by atoms with van der Waals surface area (Å²) in [6.07, 6.45) is -2.40. The van der Waals surface area contributed by atoms with Gasteiger partial charge >= 0.3 is 6.18 Å². The van der Waals surface area contributed by atoms with Crippen LogP contribution in [0.25, 0.3) is 0 Å². The molecule has 216 valence electrons. The van der Waals surface area contributed by atoms with E-state index in [0.717, 1.165) is 12.1 Å². The highest BCUT2D eigenvalue weighted by Gasteiger charge is 2.36. The number of halogens is 6. The molecule has 0 saturated heterocycles. The predicted molar refractivity (Wildman–Crippen MR) is 142 cm³/mol. The molecule has 1 unspecified atom stereocenters. The highest BCUT2D eigenvalue weighted by molar-refractivity contribution is 7.90. The van der Waals surface area contributed by atoms with Crippen molar-refractivity contribution in [3.05, 3.63) is 123 Å². The maximum absolute atomic E-state index is 14.1. The number of anilines is 1. The molecule has 5 rings (SSSR count). The number of carbonyl (C=O) groups is 2. The molecule has 0 spiro atoms. The molecule has 1 aliphatic rings. The molecule has 0 fully saturated rings. The second kappa shape index (κ2) is 10.8. The third-order valence-corrected chi connectivity index (χ3v) is 8.47. The van der Waals surface area contributed by atoms with Gasteiger partial charge in [0.05, 0.1) is 22.3 Å². The van der Waals surface area contributed by atoms with Crippen LogP contribution in [0.5, 0.6) is 0 Å². The lowest BCUT2D eigenvalue weighted by atomic mass is 9.94. The number of nitrogens with one attached hydrogen (secondary N) is 2. The van der Waals surface area contributed by atoms with Crippen LogP contribution in [0.3, 0.4) is 0 Å². The summed E-state index contributed by atoms with van der Waals surface area (Å²) < 4.78 is 94.1. The normalized spacial score (nSPS) is 14.8.